The Hall–Kier alpha value is -1.79. The van der Waals surface area contributed by atoms with E-state index in [1.54, 1.807) is 16.7 Å². The molecular formula is C15H20F3N3O. The minimum atomic E-state index is -4.40. The number of nitrogens with zero attached hydrogens (tertiary/aromatic N) is 3. The molecule has 0 spiro atoms. The molecule has 4 nitrogen and oxygen atoms in total. The van der Waals surface area contributed by atoms with Crippen LogP contribution >= 0.6 is 0 Å². The highest BCUT2D eigenvalue weighted by molar-refractivity contribution is 5.85. The molecule has 0 aromatic carbocycles. The van der Waals surface area contributed by atoms with Gasteiger partial charge in [-0.2, -0.15) is 13.2 Å². The van der Waals surface area contributed by atoms with E-state index >= 15 is 0 Å². The normalized spacial score (nSPS) is 20.0. The smallest absolute Gasteiger partial charge is 0.343 e. The number of rotatable bonds is 3. The number of aromatic nitrogens is 1. The predicted octanol–water partition coefficient (Wildman–Crippen LogP) is 2.79. The summed E-state index contributed by atoms with van der Waals surface area (Å²) in [6, 6.07) is 1.90. The molecule has 1 aromatic rings. The van der Waals surface area contributed by atoms with Crippen molar-refractivity contribution in [2.75, 3.05) is 24.5 Å². The topological polar surface area (TPSA) is 36.4 Å². The third kappa shape index (κ3) is 3.51. The number of halogens is 3. The van der Waals surface area contributed by atoms with Crippen LogP contribution in [0.4, 0.5) is 19.0 Å². The zero-order valence-electron chi connectivity index (χ0n) is 12.9. The number of alkyl halides is 3. The van der Waals surface area contributed by atoms with E-state index < -0.39 is 17.8 Å². The van der Waals surface area contributed by atoms with Crippen LogP contribution in [0.15, 0.2) is 18.3 Å². The zero-order chi connectivity index (χ0) is 16.5. The van der Waals surface area contributed by atoms with Crippen LogP contribution in [-0.4, -0.2) is 41.5 Å². The number of anilines is 1. The van der Waals surface area contributed by atoms with Gasteiger partial charge in [-0.25, -0.2) is 4.98 Å². The summed E-state index contributed by atoms with van der Waals surface area (Å²) in [4.78, 5) is 19.8. The monoisotopic (exact) mass is 315 g/mol. The second kappa shape index (κ2) is 6.14. The molecule has 1 atom stereocenters. The summed E-state index contributed by atoms with van der Waals surface area (Å²) in [5.41, 5.74) is -0.784. The van der Waals surface area contributed by atoms with E-state index in [0.29, 0.717) is 31.4 Å². The van der Waals surface area contributed by atoms with Crippen molar-refractivity contribution in [1.82, 2.24) is 9.88 Å². The highest BCUT2D eigenvalue weighted by atomic mass is 19.4. The molecule has 1 saturated heterocycles. The molecule has 1 aliphatic rings. The van der Waals surface area contributed by atoms with Crippen molar-refractivity contribution in [2.45, 2.75) is 33.0 Å². The number of amides is 1. The van der Waals surface area contributed by atoms with Gasteiger partial charge in [-0.15, -0.1) is 0 Å². The molecule has 2 rings (SSSR count). The third-order valence-electron chi connectivity index (χ3n) is 3.70. The number of carbonyl (C=O) groups is 1. The van der Waals surface area contributed by atoms with Gasteiger partial charge in [-0.05, 0) is 25.0 Å². The Balaban J connectivity index is 2.12. The van der Waals surface area contributed by atoms with Crippen LogP contribution in [0.2, 0.25) is 0 Å². The first kappa shape index (κ1) is 16.6. The summed E-state index contributed by atoms with van der Waals surface area (Å²) in [6.07, 6.45) is -3.59. The summed E-state index contributed by atoms with van der Waals surface area (Å²) in [6.45, 7) is 7.66. The molecule has 0 radical (unpaired) electrons. The molecule has 2 heterocycles. The molecule has 7 heteroatoms. The lowest BCUT2D eigenvalue weighted by atomic mass is 10.1. The first-order chi connectivity index (χ1) is 10.2. The number of hydrogen-bond acceptors (Lipinski definition) is 3. The maximum Gasteiger partial charge on any atom is 0.417 e. The number of piperazine rings is 1. The van der Waals surface area contributed by atoms with Gasteiger partial charge < -0.3 is 9.80 Å². The molecule has 0 bridgehead atoms. The van der Waals surface area contributed by atoms with Gasteiger partial charge in [-0.1, -0.05) is 13.8 Å². The molecule has 0 unspecified atom stereocenters. The molecule has 1 amide bonds. The van der Waals surface area contributed by atoms with Crippen molar-refractivity contribution >= 4 is 11.7 Å². The Morgan fingerprint density at radius 2 is 2.00 bits per heavy atom. The number of carbonyl (C=O) groups excluding carboxylic acids is 1. The average molecular weight is 315 g/mol. The summed E-state index contributed by atoms with van der Waals surface area (Å²) < 4.78 is 37.7. The summed E-state index contributed by atoms with van der Waals surface area (Å²) in [7, 11) is 0. The van der Waals surface area contributed by atoms with Gasteiger partial charge in [0.05, 0.1) is 5.56 Å². The fourth-order valence-corrected chi connectivity index (χ4v) is 2.59. The first-order valence-corrected chi connectivity index (χ1v) is 7.29. The second-order valence-electron chi connectivity index (χ2n) is 5.95. The van der Waals surface area contributed by atoms with E-state index in [4.69, 9.17) is 0 Å². The average Bonchev–Trinajstić information content (AvgIpc) is 2.43. The minimum Gasteiger partial charge on any atom is -0.343 e. The van der Waals surface area contributed by atoms with E-state index in [1.807, 2.05) is 13.8 Å². The Morgan fingerprint density at radius 1 is 1.32 bits per heavy atom. The van der Waals surface area contributed by atoms with Crippen molar-refractivity contribution in [3.63, 3.8) is 0 Å². The maximum atomic E-state index is 12.6. The van der Waals surface area contributed by atoms with Crippen LogP contribution in [-0.2, 0) is 11.0 Å². The molecule has 0 aliphatic carbocycles. The van der Waals surface area contributed by atoms with Crippen molar-refractivity contribution < 1.29 is 18.0 Å². The molecule has 22 heavy (non-hydrogen) atoms. The van der Waals surface area contributed by atoms with Crippen LogP contribution in [0.1, 0.15) is 26.3 Å². The van der Waals surface area contributed by atoms with Crippen LogP contribution < -0.4 is 4.90 Å². The zero-order valence-corrected chi connectivity index (χ0v) is 12.9. The lowest BCUT2D eigenvalue weighted by Gasteiger charge is -2.40. The quantitative estimate of drug-likeness (QED) is 0.860. The SMILES string of the molecule is CC(C)CN1CCN(c2ccc(C(F)(F)F)cn2)[C@@H](C)C1=O. The standard InChI is InChI=1S/C15H20F3N3O/c1-10(2)9-20-6-7-21(11(3)14(20)22)13-5-4-12(8-19-13)15(16,17)18/h4-5,8,10-11H,6-7,9H2,1-3H3/t11-/m0/s1. The van der Waals surface area contributed by atoms with Gasteiger partial charge >= 0.3 is 6.18 Å². The second-order valence-corrected chi connectivity index (χ2v) is 5.95. The summed E-state index contributed by atoms with van der Waals surface area (Å²) >= 11 is 0. The number of hydrogen-bond donors (Lipinski definition) is 0. The lowest BCUT2D eigenvalue weighted by Crippen LogP contribution is -2.56. The lowest BCUT2D eigenvalue weighted by molar-refractivity contribution is -0.138. The van der Waals surface area contributed by atoms with Crippen molar-refractivity contribution in [2.24, 2.45) is 5.92 Å². The van der Waals surface area contributed by atoms with Crippen LogP contribution in [0, 0.1) is 5.92 Å². The van der Waals surface area contributed by atoms with Gasteiger partial charge in [0.2, 0.25) is 5.91 Å². The largest absolute Gasteiger partial charge is 0.417 e. The Kier molecular flexibility index (Phi) is 4.63. The number of pyridine rings is 1. The van der Waals surface area contributed by atoms with E-state index in [1.165, 1.54) is 6.07 Å². The Bertz CT molecular complexity index is 528. The van der Waals surface area contributed by atoms with E-state index in [0.717, 1.165) is 12.3 Å². The molecule has 0 N–H and O–H groups in total. The predicted molar refractivity (Wildman–Crippen MR) is 77.5 cm³/mol. The molecule has 1 fully saturated rings. The molecule has 1 aromatic heterocycles. The van der Waals surface area contributed by atoms with E-state index in [-0.39, 0.29) is 5.91 Å². The van der Waals surface area contributed by atoms with Crippen molar-refractivity contribution in [3.8, 4) is 0 Å². The molecule has 0 saturated carbocycles. The van der Waals surface area contributed by atoms with Crippen LogP contribution in [0.25, 0.3) is 0 Å². The summed E-state index contributed by atoms with van der Waals surface area (Å²) in [5, 5.41) is 0. The van der Waals surface area contributed by atoms with E-state index in [9.17, 15) is 18.0 Å². The van der Waals surface area contributed by atoms with Gasteiger partial charge in [-0.3, -0.25) is 4.79 Å². The maximum absolute atomic E-state index is 12.6. The van der Waals surface area contributed by atoms with Crippen LogP contribution in [0.5, 0.6) is 0 Å². The van der Waals surface area contributed by atoms with Gasteiger partial charge in [0.25, 0.3) is 0 Å². The van der Waals surface area contributed by atoms with Gasteiger partial charge in [0, 0.05) is 25.8 Å². The van der Waals surface area contributed by atoms with Gasteiger partial charge in [0.15, 0.2) is 0 Å². The third-order valence-corrected chi connectivity index (χ3v) is 3.70. The Labute approximate surface area is 127 Å². The Morgan fingerprint density at radius 3 is 2.50 bits per heavy atom. The van der Waals surface area contributed by atoms with Crippen molar-refractivity contribution in [1.29, 1.82) is 0 Å². The fourth-order valence-electron chi connectivity index (χ4n) is 2.59. The minimum absolute atomic E-state index is 0.0124. The fraction of sp³-hybridized carbons (Fsp3) is 0.600. The molecular weight excluding hydrogens is 295 g/mol. The molecule has 1 aliphatic heterocycles. The molecule has 122 valence electrons. The first-order valence-electron chi connectivity index (χ1n) is 7.29. The van der Waals surface area contributed by atoms with Crippen molar-refractivity contribution in [3.05, 3.63) is 23.9 Å². The van der Waals surface area contributed by atoms with E-state index in [2.05, 4.69) is 4.98 Å². The highest BCUT2D eigenvalue weighted by Gasteiger charge is 2.34. The highest BCUT2D eigenvalue weighted by Crippen LogP contribution is 2.30. The summed E-state index contributed by atoms with van der Waals surface area (Å²) in [5.74, 6) is 0.770. The van der Waals surface area contributed by atoms with Crippen LogP contribution in [0.3, 0.4) is 0 Å². The van der Waals surface area contributed by atoms with Gasteiger partial charge in [0.1, 0.15) is 11.9 Å².